The summed E-state index contributed by atoms with van der Waals surface area (Å²) < 4.78 is 1.60. The van der Waals surface area contributed by atoms with Crippen molar-refractivity contribution in [2.45, 2.75) is 13.0 Å². The van der Waals surface area contributed by atoms with Crippen LogP contribution < -0.4 is 16.6 Å². The number of aromatic nitrogens is 5. The number of para-hydroxylation sites is 1. The molecular formula is C30H21N7O2S2. The number of nitrogens with one attached hydrogen (secondary N) is 1. The molecule has 41 heavy (non-hydrogen) atoms. The summed E-state index contributed by atoms with van der Waals surface area (Å²) in [5, 5.41) is 5.96. The van der Waals surface area contributed by atoms with E-state index < -0.39 is 11.9 Å². The van der Waals surface area contributed by atoms with Gasteiger partial charge in [-0.3, -0.25) is 19.1 Å². The van der Waals surface area contributed by atoms with Gasteiger partial charge in [-0.25, -0.2) is 15.0 Å². The molecule has 6 rings (SSSR count). The van der Waals surface area contributed by atoms with E-state index in [0.29, 0.717) is 39.1 Å². The number of anilines is 1. The zero-order valence-corrected chi connectivity index (χ0v) is 23.2. The van der Waals surface area contributed by atoms with E-state index in [1.807, 2.05) is 60.0 Å². The third-order valence-corrected chi connectivity index (χ3v) is 7.62. The molecule has 11 heteroatoms. The second kappa shape index (κ2) is 11.1. The lowest BCUT2D eigenvalue weighted by atomic mass is 10.0. The molecule has 0 saturated heterocycles. The van der Waals surface area contributed by atoms with Gasteiger partial charge in [0, 0.05) is 22.3 Å². The van der Waals surface area contributed by atoms with Crippen LogP contribution >= 0.6 is 22.7 Å². The van der Waals surface area contributed by atoms with Crippen molar-refractivity contribution in [2.24, 2.45) is 0 Å². The third-order valence-electron chi connectivity index (χ3n) is 6.34. The molecule has 6 aromatic rings. The number of nitrogens with two attached hydrogens (primary N) is 1. The number of amides is 1. The van der Waals surface area contributed by atoms with Gasteiger partial charge in [-0.15, -0.1) is 22.7 Å². The van der Waals surface area contributed by atoms with E-state index in [1.54, 1.807) is 28.7 Å². The largest absolute Gasteiger partial charge is 0.382 e. The predicted octanol–water partition coefficient (Wildman–Crippen LogP) is 4.83. The van der Waals surface area contributed by atoms with Crippen LogP contribution in [0.1, 0.15) is 39.6 Å². The van der Waals surface area contributed by atoms with Crippen LogP contribution in [0.2, 0.25) is 0 Å². The SMILES string of the molecule is C[C@H](NC(=O)c1nc(-c2cscn2)cnc1N)c1cc2cccc(C#Cc3cncs3)c2c(=O)n1-c1ccccc1. The Hall–Kier alpha value is -5.18. The zero-order valence-electron chi connectivity index (χ0n) is 21.6. The van der Waals surface area contributed by atoms with Gasteiger partial charge in [0.1, 0.15) is 11.4 Å². The summed E-state index contributed by atoms with van der Waals surface area (Å²) in [6, 6.07) is 16.1. The number of hydrogen-bond donors (Lipinski definition) is 2. The Morgan fingerprint density at radius 2 is 1.88 bits per heavy atom. The lowest BCUT2D eigenvalue weighted by Crippen LogP contribution is -2.33. The number of hydrogen-bond acceptors (Lipinski definition) is 9. The third kappa shape index (κ3) is 5.21. The molecule has 3 N–H and O–H groups in total. The van der Waals surface area contributed by atoms with Crippen LogP contribution in [0.4, 0.5) is 5.82 Å². The van der Waals surface area contributed by atoms with Crippen molar-refractivity contribution in [3.05, 3.63) is 116 Å². The molecule has 4 aromatic heterocycles. The summed E-state index contributed by atoms with van der Waals surface area (Å²) in [4.78, 5) is 45.2. The van der Waals surface area contributed by atoms with E-state index in [-0.39, 0.29) is 17.1 Å². The van der Waals surface area contributed by atoms with Crippen LogP contribution in [0.3, 0.4) is 0 Å². The molecule has 1 atom stereocenters. The van der Waals surface area contributed by atoms with Crippen molar-refractivity contribution in [1.29, 1.82) is 0 Å². The van der Waals surface area contributed by atoms with E-state index >= 15 is 0 Å². The first-order valence-electron chi connectivity index (χ1n) is 12.5. The highest BCUT2D eigenvalue weighted by molar-refractivity contribution is 7.10. The van der Waals surface area contributed by atoms with Gasteiger partial charge in [-0.05, 0) is 42.5 Å². The molecule has 0 radical (unpaired) electrons. The molecule has 0 unspecified atom stereocenters. The lowest BCUT2D eigenvalue weighted by Gasteiger charge is -2.21. The second-order valence-corrected chi connectivity index (χ2v) is 10.6. The quantitative estimate of drug-likeness (QED) is 0.282. The average molecular weight is 576 g/mol. The lowest BCUT2D eigenvalue weighted by molar-refractivity contribution is 0.0934. The van der Waals surface area contributed by atoms with Crippen molar-refractivity contribution < 1.29 is 4.79 Å². The predicted molar refractivity (Wildman–Crippen MR) is 161 cm³/mol. The Morgan fingerprint density at radius 1 is 1.02 bits per heavy atom. The molecule has 0 fully saturated rings. The number of benzene rings is 2. The fraction of sp³-hybridized carbons (Fsp3) is 0.0667. The summed E-state index contributed by atoms with van der Waals surface area (Å²) in [6.07, 6.45) is 3.17. The van der Waals surface area contributed by atoms with Crippen molar-refractivity contribution in [1.82, 2.24) is 29.8 Å². The van der Waals surface area contributed by atoms with Gasteiger partial charge in [-0.1, -0.05) is 36.3 Å². The number of rotatable bonds is 5. The van der Waals surface area contributed by atoms with E-state index in [1.165, 1.54) is 28.9 Å². The van der Waals surface area contributed by atoms with Gasteiger partial charge >= 0.3 is 0 Å². The highest BCUT2D eigenvalue weighted by Gasteiger charge is 2.22. The number of nitrogen functional groups attached to an aromatic ring is 1. The fourth-order valence-electron chi connectivity index (χ4n) is 4.42. The minimum atomic E-state index is -0.601. The van der Waals surface area contributed by atoms with Gasteiger partial charge in [0.2, 0.25) is 0 Å². The van der Waals surface area contributed by atoms with Crippen molar-refractivity contribution in [3.8, 4) is 28.9 Å². The smallest absolute Gasteiger partial charge is 0.274 e. The molecule has 0 aliphatic rings. The summed E-state index contributed by atoms with van der Waals surface area (Å²) in [7, 11) is 0. The number of nitrogens with zero attached hydrogens (tertiary/aromatic N) is 5. The highest BCUT2D eigenvalue weighted by Crippen LogP contribution is 2.24. The molecule has 4 heterocycles. The Labute approximate surface area is 242 Å². The van der Waals surface area contributed by atoms with Gasteiger partial charge < -0.3 is 11.1 Å². The molecule has 200 valence electrons. The summed E-state index contributed by atoms with van der Waals surface area (Å²) in [6.45, 7) is 1.80. The Balaban J connectivity index is 1.44. The zero-order chi connectivity index (χ0) is 28.3. The first-order chi connectivity index (χ1) is 20.0. The molecule has 0 bridgehead atoms. The maximum absolute atomic E-state index is 14.1. The molecule has 2 aromatic carbocycles. The van der Waals surface area contributed by atoms with Crippen molar-refractivity contribution in [2.75, 3.05) is 5.73 Å². The van der Waals surface area contributed by atoms with Crippen LogP contribution in [0, 0.1) is 11.8 Å². The number of carbonyl (C=O) groups excluding carboxylic acids is 1. The number of thiazole rings is 2. The minimum Gasteiger partial charge on any atom is -0.382 e. The molecule has 0 saturated carbocycles. The number of fused-ring (bicyclic) bond motifs is 1. The van der Waals surface area contributed by atoms with Gasteiger partial charge in [-0.2, -0.15) is 0 Å². The summed E-state index contributed by atoms with van der Waals surface area (Å²) >= 11 is 2.85. The molecule has 1 amide bonds. The first kappa shape index (κ1) is 26.1. The number of pyridine rings is 1. The fourth-order valence-corrected chi connectivity index (χ4v) is 5.43. The van der Waals surface area contributed by atoms with Crippen LogP contribution in [0.15, 0.2) is 88.2 Å². The van der Waals surface area contributed by atoms with E-state index in [0.717, 1.165) is 4.88 Å². The Bertz CT molecular complexity index is 1990. The van der Waals surface area contributed by atoms with E-state index in [4.69, 9.17) is 5.73 Å². The van der Waals surface area contributed by atoms with Gasteiger partial charge in [0.15, 0.2) is 11.5 Å². The molecular weight excluding hydrogens is 555 g/mol. The van der Waals surface area contributed by atoms with Crippen molar-refractivity contribution >= 4 is 45.2 Å². The topological polar surface area (TPSA) is 129 Å². The summed E-state index contributed by atoms with van der Waals surface area (Å²) in [5.41, 5.74) is 12.1. The normalized spacial score (nSPS) is 11.5. The minimum absolute atomic E-state index is 0.00297. The maximum atomic E-state index is 14.1. The molecule has 9 nitrogen and oxygen atoms in total. The molecule has 0 aliphatic heterocycles. The van der Waals surface area contributed by atoms with Gasteiger partial charge in [0.05, 0.1) is 39.7 Å². The van der Waals surface area contributed by atoms with Crippen LogP contribution in [-0.2, 0) is 0 Å². The molecule has 0 aliphatic carbocycles. The van der Waals surface area contributed by atoms with Crippen LogP contribution in [0.5, 0.6) is 0 Å². The van der Waals surface area contributed by atoms with E-state index in [9.17, 15) is 9.59 Å². The Kier molecular flexibility index (Phi) is 7.08. The molecule has 0 spiro atoms. The van der Waals surface area contributed by atoms with Gasteiger partial charge in [0.25, 0.3) is 11.5 Å². The number of carbonyl (C=O) groups is 1. The first-order valence-corrected chi connectivity index (χ1v) is 14.3. The second-order valence-electron chi connectivity index (χ2n) is 8.99. The van der Waals surface area contributed by atoms with Crippen LogP contribution in [-0.4, -0.2) is 30.4 Å². The van der Waals surface area contributed by atoms with E-state index in [2.05, 4.69) is 37.1 Å². The highest BCUT2D eigenvalue weighted by atomic mass is 32.1. The van der Waals surface area contributed by atoms with Crippen LogP contribution in [0.25, 0.3) is 27.8 Å². The Morgan fingerprint density at radius 3 is 2.63 bits per heavy atom. The average Bonchev–Trinajstić information content (AvgIpc) is 3.72. The van der Waals surface area contributed by atoms with Crippen molar-refractivity contribution in [3.63, 3.8) is 0 Å². The maximum Gasteiger partial charge on any atom is 0.274 e. The monoisotopic (exact) mass is 575 g/mol. The summed E-state index contributed by atoms with van der Waals surface area (Å²) in [5.74, 6) is 5.71. The standard InChI is InChI=1S/C30H21N7O2S2/c1-18(35-29(38)27-28(31)33-14-23(36-27)24-15-40-17-34-24)25-12-20-7-5-6-19(10-11-22-13-32-16-41-22)26(20)30(39)37(25)21-8-3-2-4-9-21/h2-9,12-18H,1H3,(H2,31,33)(H,35,38)/t18-/m0/s1.